The number of hydrogen-bond acceptors (Lipinski definition) is 5. The molecule has 1 atom stereocenters. The third-order valence-corrected chi connectivity index (χ3v) is 4.82. The number of alkyl halides is 3. The Morgan fingerprint density at radius 3 is 2.86 bits per heavy atom. The average Bonchev–Trinajstić information content (AvgIpc) is 3.11. The Labute approximate surface area is 158 Å². The van der Waals surface area contributed by atoms with E-state index in [0.717, 1.165) is 25.6 Å². The van der Waals surface area contributed by atoms with Crippen LogP contribution < -0.4 is 10.6 Å². The number of rotatable bonds is 4. The first kappa shape index (κ1) is 18.4. The smallest absolute Gasteiger partial charge is 0.360 e. The molecule has 0 saturated carbocycles. The van der Waals surface area contributed by atoms with Crippen LogP contribution in [0.1, 0.15) is 28.8 Å². The van der Waals surface area contributed by atoms with Gasteiger partial charge in [0.2, 0.25) is 5.95 Å². The van der Waals surface area contributed by atoms with Crippen LogP contribution in [0.15, 0.2) is 30.6 Å². The van der Waals surface area contributed by atoms with Crippen LogP contribution in [0.2, 0.25) is 0 Å². The van der Waals surface area contributed by atoms with Gasteiger partial charge in [-0.25, -0.2) is 9.97 Å². The fraction of sp³-hybridized carbons (Fsp3) is 0.316. The average molecular weight is 389 g/mol. The third-order valence-electron chi connectivity index (χ3n) is 4.82. The highest BCUT2D eigenvalue weighted by Gasteiger charge is 2.36. The van der Waals surface area contributed by atoms with Gasteiger partial charge in [-0.1, -0.05) is 12.1 Å². The summed E-state index contributed by atoms with van der Waals surface area (Å²) in [7, 11) is 0. The summed E-state index contributed by atoms with van der Waals surface area (Å²) in [4.78, 5) is 22.0. The van der Waals surface area contributed by atoms with Crippen molar-refractivity contribution in [2.45, 2.75) is 25.1 Å². The van der Waals surface area contributed by atoms with E-state index in [4.69, 9.17) is 0 Å². The zero-order chi connectivity index (χ0) is 19.7. The number of nitrogens with one attached hydrogen (secondary N) is 3. The van der Waals surface area contributed by atoms with Gasteiger partial charge in [-0.15, -0.1) is 0 Å². The quantitative estimate of drug-likeness (QED) is 0.594. The molecule has 6 nitrogen and oxygen atoms in total. The van der Waals surface area contributed by atoms with Gasteiger partial charge < -0.3 is 15.6 Å². The number of fused-ring (bicyclic) bond motifs is 1. The van der Waals surface area contributed by atoms with Gasteiger partial charge in [0.05, 0.1) is 5.69 Å². The number of aromatic amines is 1. The van der Waals surface area contributed by atoms with E-state index < -0.39 is 11.7 Å². The molecule has 0 radical (unpaired) electrons. The first-order chi connectivity index (χ1) is 13.5. The van der Waals surface area contributed by atoms with Gasteiger partial charge in [0, 0.05) is 47.0 Å². The maximum absolute atomic E-state index is 13.6. The topological polar surface area (TPSA) is 82.7 Å². The first-order valence-corrected chi connectivity index (χ1v) is 8.94. The highest BCUT2D eigenvalue weighted by Crippen LogP contribution is 2.38. The van der Waals surface area contributed by atoms with Gasteiger partial charge in [0.25, 0.3) is 0 Å². The van der Waals surface area contributed by atoms with Crippen LogP contribution in [0.5, 0.6) is 0 Å². The Kier molecular flexibility index (Phi) is 4.76. The van der Waals surface area contributed by atoms with Crippen molar-refractivity contribution in [2.75, 3.05) is 18.4 Å². The van der Waals surface area contributed by atoms with Gasteiger partial charge in [0.15, 0.2) is 0 Å². The van der Waals surface area contributed by atoms with Gasteiger partial charge in [-0.05, 0) is 25.5 Å². The van der Waals surface area contributed by atoms with Gasteiger partial charge >= 0.3 is 6.18 Å². The molecule has 0 unspecified atom stereocenters. The van der Waals surface area contributed by atoms with Gasteiger partial charge in [0.1, 0.15) is 11.8 Å². The molecule has 2 aromatic heterocycles. The first-order valence-electron chi connectivity index (χ1n) is 8.94. The summed E-state index contributed by atoms with van der Waals surface area (Å²) >= 11 is 0. The van der Waals surface area contributed by atoms with Crippen molar-refractivity contribution < 1.29 is 18.0 Å². The Morgan fingerprint density at radius 2 is 2.14 bits per heavy atom. The molecule has 3 heterocycles. The second-order valence-corrected chi connectivity index (χ2v) is 6.77. The number of halogens is 3. The number of carbonyl (C=O) groups excluding carboxylic acids is 1. The predicted molar refractivity (Wildman–Crippen MR) is 99.2 cm³/mol. The number of benzene rings is 1. The van der Waals surface area contributed by atoms with E-state index in [1.807, 2.05) is 0 Å². The molecule has 0 spiro atoms. The number of anilines is 1. The number of aldehydes is 1. The van der Waals surface area contributed by atoms with Crippen molar-refractivity contribution in [3.05, 3.63) is 41.7 Å². The molecule has 146 valence electrons. The molecular weight excluding hydrogens is 371 g/mol. The molecule has 28 heavy (non-hydrogen) atoms. The summed E-state index contributed by atoms with van der Waals surface area (Å²) < 4.78 is 40.7. The molecule has 0 aliphatic carbocycles. The van der Waals surface area contributed by atoms with E-state index >= 15 is 0 Å². The van der Waals surface area contributed by atoms with Crippen molar-refractivity contribution in [2.24, 2.45) is 0 Å². The number of H-pyrrole nitrogens is 1. The zero-order valence-electron chi connectivity index (χ0n) is 14.8. The molecule has 3 aromatic rings. The lowest BCUT2D eigenvalue weighted by Gasteiger charge is -2.24. The SMILES string of the molecule is O=Cc1ccc2c(-c3nc(N[C@H]4CCCNC4)ncc3C(F)(F)F)c[nH]c2c1. The number of carbonyl (C=O) groups is 1. The number of aromatic nitrogens is 3. The lowest BCUT2D eigenvalue weighted by Crippen LogP contribution is -2.38. The second-order valence-electron chi connectivity index (χ2n) is 6.77. The summed E-state index contributed by atoms with van der Waals surface area (Å²) in [6.07, 6.45) is 0.266. The van der Waals surface area contributed by atoms with Crippen molar-refractivity contribution in [1.82, 2.24) is 20.3 Å². The minimum Gasteiger partial charge on any atom is -0.360 e. The summed E-state index contributed by atoms with van der Waals surface area (Å²) in [5.74, 6) is 0.163. The van der Waals surface area contributed by atoms with Crippen LogP contribution in [0.4, 0.5) is 19.1 Å². The lowest BCUT2D eigenvalue weighted by atomic mass is 10.0. The lowest BCUT2D eigenvalue weighted by molar-refractivity contribution is -0.137. The molecule has 1 fully saturated rings. The second kappa shape index (κ2) is 7.23. The van der Waals surface area contributed by atoms with Crippen molar-refractivity contribution in [1.29, 1.82) is 0 Å². The van der Waals surface area contributed by atoms with Crippen LogP contribution in [0.3, 0.4) is 0 Å². The molecule has 0 amide bonds. The normalized spacial score (nSPS) is 17.6. The standard InChI is InChI=1S/C19H18F3N5O/c20-19(21,22)15-9-25-18(26-12-2-1-5-23-7-12)27-17(15)14-8-24-16-6-11(10-28)3-4-13(14)16/h3-4,6,8-10,12,23-24H,1-2,5,7H2,(H,25,26,27)/t12-/m0/s1. The maximum Gasteiger partial charge on any atom is 0.419 e. The van der Waals surface area contributed by atoms with E-state index in [-0.39, 0.29) is 17.7 Å². The summed E-state index contributed by atoms with van der Waals surface area (Å²) in [5.41, 5.74) is 0.218. The van der Waals surface area contributed by atoms with E-state index in [1.165, 1.54) is 6.20 Å². The van der Waals surface area contributed by atoms with Crippen LogP contribution >= 0.6 is 0 Å². The molecule has 1 aliphatic heterocycles. The van der Waals surface area contributed by atoms with E-state index in [9.17, 15) is 18.0 Å². The monoisotopic (exact) mass is 389 g/mol. The fourth-order valence-electron chi connectivity index (χ4n) is 3.43. The Hall–Kier alpha value is -2.94. The number of hydrogen-bond donors (Lipinski definition) is 3. The molecule has 1 aliphatic rings. The summed E-state index contributed by atoms with van der Waals surface area (Å²) in [5, 5.41) is 6.91. The van der Waals surface area contributed by atoms with Crippen molar-refractivity contribution >= 4 is 23.1 Å². The van der Waals surface area contributed by atoms with Gasteiger partial charge in [-0.2, -0.15) is 13.2 Å². The molecule has 0 bridgehead atoms. The van der Waals surface area contributed by atoms with Gasteiger partial charge in [-0.3, -0.25) is 4.79 Å². The molecule has 3 N–H and O–H groups in total. The molecule has 4 rings (SSSR count). The Balaban J connectivity index is 1.79. The van der Waals surface area contributed by atoms with Crippen molar-refractivity contribution in [3.8, 4) is 11.3 Å². The Bertz CT molecular complexity index is 1010. The number of nitrogens with zero attached hydrogens (tertiary/aromatic N) is 2. The van der Waals surface area contributed by atoms with E-state index in [1.54, 1.807) is 18.2 Å². The van der Waals surface area contributed by atoms with Crippen LogP contribution in [0, 0.1) is 0 Å². The Morgan fingerprint density at radius 1 is 1.29 bits per heavy atom. The van der Waals surface area contributed by atoms with Crippen LogP contribution in [-0.4, -0.2) is 40.4 Å². The van der Waals surface area contributed by atoms with E-state index in [0.29, 0.717) is 34.9 Å². The van der Waals surface area contributed by atoms with Crippen LogP contribution in [0.25, 0.3) is 22.2 Å². The summed E-state index contributed by atoms with van der Waals surface area (Å²) in [6, 6.07) is 4.84. The highest BCUT2D eigenvalue weighted by atomic mass is 19.4. The third kappa shape index (κ3) is 3.57. The van der Waals surface area contributed by atoms with Crippen molar-refractivity contribution in [3.63, 3.8) is 0 Å². The number of piperidine rings is 1. The predicted octanol–water partition coefficient (Wildman–Crippen LogP) is 3.62. The minimum absolute atomic E-state index is 0.0662. The largest absolute Gasteiger partial charge is 0.419 e. The van der Waals surface area contributed by atoms with E-state index in [2.05, 4.69) is 25.6 Å². The molecule has 9 heteroatoms. The highest BCUT2D eigenvalue weighted by molar-refractivity contribution is 5.97. The summed E-state index contributed by atoms with van der Waals surface area (Å²) in [6.45, 7) is 1.64. The fourth-order valence-corrected chi connectivity index (χ4v) is 3.43. The zero-order valence-corrected chi connectivity index (χ0v) is 14.8. The molecular formula is C19H18F3N5O. The minimum atomic E-state index is -4.59. The van der Waals surface area contributed by atoms with Crippen LogP contribution in [-0.2, 0) is 6.18 Å². The molecule has 1 aromatic carbocycles. The molecule has 1 saturated heterocycles. The maximum atomic E-state index is 13.6.